The number of carbonyl (C=O) groups is 1. The summed E-state index contributed by atoms with van der Waals surface area (Å²) in [6, 6.07) is 0. The molecule has 48 valence electrons. The van der Waals surface area contributed by atoms with Crippen molar-refractivity contribution < 1.29 is 9.21 Å². The Bertz CT molecular complexity index is 195. The second-order valence-electron chi connectivity index (χ2n) is 1.46. The summed E-state index contributed by atoms with van der Waals surface area (Å²) in [4.78, 5) is 14.1. The minimum absolute atomic E-state index is 0.120. The molecule has 0 amide bonds. The predicted molar refractivity (Wildman–Crippen MR) is 34.1 cm³/mol. The fourth-order valence-corrected chi connectivity index (χ4v) is 0.699. The van der Waals surface area contributed by atoms with Crippen LogP contribution >= 0.6 is 15.9 Å². The molecular weight excluding hydrogens is 186 g/mol. The highest BCUT2D eigenvalue weighted by Gasteiger charge is 2.00. The first-order valence-electron chi connectivity index (χ1n) is 2.36. The first-order valence-corrected chi connectivity index (χ1v) is 3.15. The highest BCUT2D eigenvalue weighted by Crippen LogP contribution is 1.98. The number of carbonyl (C=O) groups excluding carboxylic acids is 1. The average molecular weight is 190 g/mol. The Hall–Kier alpha value is -0.640. The SMILES string of the molecule is O=C(Br)Cc1ncco1. The molecule has 1 rings (SSSR count). The quantitative estimate of drug-likeness (QED) is 0.656. The molecule has 0 atom stereocenters. The van der Waals surface area contributed by atoms with Crippen molar-refractivity contribution in [3.05, 3.63) is 18.4 Å². The van der Waals surface area contributed by atoms with Gasteiger partial charge >= 0.3 is 0 Å². The van der Waals surface area contributed by atoms with Gasteiger partial charge in [0.15, 0.2) is 0 Å². The van der Waals surface area contributed by atoms with E-state index in [1.54, 1.807) is 0 Å². The van der Waals surface area contributed by atoms with Crippen LogP contribution in [0.5, 0.6) is 0 Å². The number of hydrogen-bond donors (Lipinski definition) is 0. The topological polar surface area (TPSA) is 43.1 Å². The first-order chi connectivity index (χ1) is 4.29. The lowest BCUT2D eigenvalue weighted by atomic mass is 10.5. The van der Waals surface area contributed by atoms with Gasteiger partial charge in [-0.1, -0.05) is 0 Å². The van der Waals surface area contributed by atoms with Gasteiger partial charge in [-0.15, -0.1) is 0 Å². The van der Waals surface area contributed by atoms with E-state index in [1.165, 1.54) is 12.5 Å². The molecule has 1 aromatic heterocycles. The van der Waals surface area contributed by atoms with Crippen molar-refractivity contribution in [2.75, 3.05) is 0 Å². The zero-order valence-corrected chi connectivity index (χ0v) is 6.09. The van der Waals surface area contributed by atoms with Crippen LogP contribution in [0.2, 0.25) is 0 Å². The van der Waals surface area contributed by atoms with E-state index >= 15 is 0 Å². The molecule has 0 fully saturated rings. The van der Waals surface area contributed by atoms with Crippen molar-refractivity contribution in [2.24, 2.45) is 0 Å². The molecule has 0 aliphatic heterocycles. The maximum absolute atomic E-state index is 10.3. The molecule has 0 aromatic carbocycles. The minimum Gasteiger partial charge on any atom is -0.449 e. The number of aromatic nitrogens is 1. The van der Waals surface area contributed by atoms with E-state index in [4.69, 9.17) is 4.42 Å². The lowest BCUT2D eigenvalue weighted by molar-refractivity contribution is -0.110. The van der Waals surface area contributed by atoms with Gasteiger partial charge in [-0.2, -0.15) is 0 Å². The van der Waals surface area contributed by atoms with Crippen molar-refractivity contribution >= 4 is 20.6 Å². The molecule has 0 saturated carbocycles. The van der Waals surface area contributed by atoms with Crippen LogP contribution in [-0.2, 0) is 11.2 Å². The van der Waals surface area contributed by atoms with Crippen LogP contribution in [0.1, 0.15) is 5.89 Å². The summed E-state index contributed by atoms with van der Waals surface area (Å²) in [7, 11) is 0. The van der Waals surface area contributed by atoms with Gasteiger partial charge in [0.2, 0.25) is 10.6 Å². The smallest absolute Gasteiger partial charge is 0.207 e. The summed E-state index contributed by atoms with van der Waals surface area (Å²) >= 11 is 2.76. The predicted octanol–water partition coefficient (Wildman–Crippen LogP) is 1.14. The normalized spacial score (nSPS) is 9.44. The second kappa shape index (κ2) is 2.77. The van der Waals surface area contributed by atoms with Crippen molar-refractivity contribution in [1.82, 2.24) is 4.98 Å². The summed E-state index contributed by atoms with van der Waals surface area (Å²) in [6.45, 7) is 0. The van der Waals surface area contributed by atoms with Crippen LogP contribution in [0.4, 0.5) is 0 Å². The summed E-state index contributed by atoms with van der Waals surface area (Å²) in [5.74, 6) is 0.442. The molecule has 4 heteroatoms. The fourth-order valence-electron chi connectivity index (χ4n) is 0.459. The molecule has 9 heavy (non-hydrogen) atoms. The van der Waals surface area contributed by atoms with Crippen LogP contribution in [0.15, 0.2) is 16.9 Å². The van der Waals surface area contributed by atoms with E-state index < -0.39 is 0 Å². The van der Waals surface area contributed by atoms with E-state index in [9.17, 15) is 4.79 Å². The van der Waals surface area contributed by atoms with Crippen LogP contribution in [0.25, 0.3) is 0 Å². The molecule has 0 N–H and O–H groups in total. The Kier molecular flexibility index (Phi) is 2.00. The Balaban J connectivity index is 2.58. The van der Waals surface area contributed by atoms with Crippen LogP contribution < -0.4 is 0 Å². The van der Waals surface area contributed by atoms with Gasteiger partial charge in [-0.05, 0) is 15.9 Å². The van der Waals surface area contributed by atoms with Crippen LogP contribution in [-0.4, -0.2) is 9.68 Å². The third kappa shape index (κ3) is 1.97. The molecule has 0 aliphatic carbocycles. The molecule has 1 aromatic rings. The van der Waals surface area contributed by atoms with E-state index in [0.29, 0.717) is 5.89 Å². The van der Waals surface area contributed by atoms with Crippen molar-refractivity contribution in [2.45, 2.75) is 6.42 Å². The number of halogens is 1. The van der Waals surface area contributed by atoms with Crippen LogP contribution in [0, 0.1) is 0 Å². The zero-order chi connectivity index (χ0) is 6.69. The van der Waals surface area contributed by atoms with Crippen molar-refractivity contribution in [3.8, 4) is 0 Å². The highest BCUT2D eigenvalue weighted by atomic mass is 79.9. The van der Waals surface area contributed by atoms with Crippen molar-refractivity contribution in [3.63, 3.8) is 0 Å². The minimum atomic E-state index is -0.120. The third-order valence-electron chi connectivity index (χ3n) is 0.774. The molecule has 0 aliphatic rings. The molecule has 0 saturated heterocycles. The summed E-state index contributed by atoms with van der Waals surface area (Å²) in [6.07, 6.45) is 3.16. The lowest BCUT2D eigenvalue weighted by Gasteiger charge is -1.82. The van der Waals surface area contributed by atoms with E-state index in [0.717, 1.165) is 0 Å². The van der Waals surface area contributed by atoms with Gasteiger partial charge in [-0.3, -0.25) is 4.79 Å². The van der Waals surface area contributed by atoms with E-state index in [-0.39, 0.29) is 11.1 Å². The molecule has 0 radical (unpaired) electrons. The number of rotatable bonds is 2. The zero-order valence-electron chi connectivity index (χ0n) is 4.50. The Labute approximate surface area is 60.2 Å². The number of hydrogen-bond acceptors (Lipinski definition) is 3. The standard InChI is InChI=1S/C5H4BrNO2/c6-4(8)3-5-7-1-2-9-5/h1-2H,3H2. The first kappa shape index (κ1) is 6.48. The summed E-state index contributed by atoms with van der Waals surface area (Å²) in [5, 5.41) is 0. The van der Waals surface area contributed by atoms with Crippen molar-refractivity contribution in [1.29, 1.82) is 0 Å². The van der Waals surface area contributed by atoms with E-state index in [2.05, 4.69) is 20.9 Å². The summed E-state index contributed by atoms with van der Waals surface area (Å²) < 4.78 is 4.66. The Morgan fingerprint density at radius 3 is 3.11 bits per heavy atom. The van der Waals surface area contributed by atoms with Gasteiger partial charge in [-0.25, -0.2) is 4.98 Å². The van der Waals surface area contributed by atoms with Crippen LogP contribution in [0.3, 0.4) is 0 Å². The summed E-state index contributed by atoms with van der Waals surface area (Å²) in [5.41, 5.74) is 0. The Morgan fingerprint density at radius 2 is 2.67 bits per heavy atom. The molecule has 0 bridgehead atoms. The van der Waals surface area contributed by atoms with Gasteiger partial charge in [0, 0.05) is 0 Å². The van der Waals surface area contributed by atoms with Gasteiger partial charge in [0.1, 0.15) is 6.26 Å². The number of oxazole rings is 1. The molecule has 1 heterocycles. The maximum Gasteiger partial charge on any atom is 0.207 e. The van der Waals surface area contributed by atoms with E-state index in [1.807, 2.05) is 0 Å². The molecular formula is C5H4BrNO2. The largest absolute Gasteiger partial charge is 0.449 e. The number of nitrogens with zero attached hydrogens (tertiary/aromatic N) is 1. The third-order valence-corrected chi connectivity index (χ3v) is 1.05. The lowest BCUT2D eigenvalue weighted by Crippen LogP contribution is -1.91. The molecule has 0 unspecified atom stereocenters. The Morgan fingerprint density at radius 1 is 1.89 bits per heavy atom. The highest BCUT2D eigenvalue weighted by molar-refractivity contribution is 9.18. The maximum atomic E-state index is 10.3. The van der Waals surface area contributed by atoms with Gasteiger partial charge in [0.05, 0.1) is 12.6 Å². The fraction of sp³-hybridized carbons (Fsp3) is 0.200. The van der Waals surface area contributed by atoms with Gasteiger partial charge in [0.25, 0.3) is 0 Å². The average Bonchev–Trinajstić information content (AvgIpc) is 2.15. The van der Waals surface area contributed by atoms with Gasteiger partial charge < -0.3 is 4.42 Å². The second-order valence-corrected chi connectivity index (χ2v) is 2.34. The monoisotopic (exact) mass is 189 g/mol. The molecule has 3 nitrogen and oxygen atoms in total. The molecule has 0 spiro atoms.